The Morgan fingerprint density at radius 1 is 1.50 bits per heavy atom. The van der Waals surface area contributed by atoms with Crippen LogP contribution < -0.4 is 15.4 Å². The number of para-hydroxylation sites is 1. The number of nitrogens with one attached hydrogen (secondary N) is 2. The predicted molar refractivity (Wildman–Crippen MR) is 73.1 cm³/mol. The molecule has 1 fully saturated rings. The lowest BCUT2D eigenvalue weighted by Crippen LogP contribution is -2.31. The van der Waals surface area contributed by atoms with Crippen molar-refractivity contribution in [2.24, 2.45) is 5.92 Å². The third-order valence-corrected chi connectivity index (χ3v) is 3.08. The lowest BCUT2D eigenvalue weighted by Gasteiger charge is -2.12. The number of methoxy groups -OCH3 is 1. The second-order valence-electron chi connectivity index (χ2n) is 4.22. The normalized spacial score (nSPS) is 17.9. The Hall–Kier alpha value is -1.26. The Labute approximate surface area is 114 Å². The van der Waals surface area contributed by atoms with Crippen LogP contribution >= 0.6 is 12.4 Å². The summed E-state index contributed by atoms with van der Waals surface area (Å²) < 4.78 is 5.24. The zero-order chi connectivity index (χ0) is 12.1. The molecule has 5 heteroatoms. The molecule has 1 unspecified atom stereocenters. The SMILES string of the molecule is COc1ccccc1CNC(=O)C1CCNC1.Cl. The van der Waals surface area contributed by atoms with Crippen LogP contribution in [-0.4, -0.2) is 26.1 Å². The van der Waals surface area contributed by atoms with Crippen molar-refractivity contribution in [1.29, 1.82) is 0 Å². The van der Waals surface area contributed by atoms with E-state index in [2.05, 4.69) is 10.6 Å². The average Bonchev–Trinajstić information content (AvgIpc) is 2.90. The van der Waals surface area contributed by atoms with Gasteiger partial charge in [0.25, 0.3) is 0 Å². The highest BCUT2D eigenvalue weighted by molar-refractivity contribution is 5.85. The van der Waals surface area contributed by atoms with Crippen molar-refractivity contribution in [2.45, 2.75) is 13.0 Å². The van der Waals surface area contributed by atoms with Gasteiger partial charge in [0.1, 0.15) is 5.75 Å². The molecule has 1 atom stereocenters. The van der Waals surface area contributed by atoms with Crippen LogP contribution in [0.5, 0.6) is 5.75 Å². The minimum atomic E-state index is 0. The average molecular weight is 271 g/mol. The molecule has 2 rings (SSSR count). The number of carbonyl (C=O) groups is 1. The zero-order valence-electron chi connectivity index (χ0n) is 10.4. The number of rotatable bonds is 4. The highest BCUT2D eigenvalue weighted by Gasteiger charge is 2.21. The molecule has 4 nitrogen and oxygen atoms in total. The standard InChI is InChI=1S/C13H18N2O2.ClH/c1-17-12-5-3-2-4-10(12)9-15-13(16)11-6-7-14-8-11;/h2-5,11,14H,6-9H2,1H3,(H,15,16);1H. The van der Waals surface area contributed by atoms with Gasteiger partial charge >= 0.3 is 0 Å². The minimum absolute atomic E-state index is 0. The molecule has 1 aliphatic heterocycles. The summed E-state index contributed by atoms with van der Waals surface area (Å²) in [7, 11) is 1.64. The summed E-state index contributed by atoms with van der Waals surface area (Å²) in [6.45, 7) is 2.25. The Bertz CT molecular complexity index is 392. The summed E-state index contributed by atoms with van der Waals surface area (Å²) in [5.74, 6) is 1.06. The van der Waals surface area contributed by atoms with E-state index in [1.807, 2.05) is 24.3 Å². The van der Waals surface area contributed by atoms with Crippen LogP contribution in [0.3, 0.4) is 0 Å². The van der Waals surface area contributed by atoms with Gasteiger partial charge in [0.15, 0.2) is 0 Å². The number of ether oxygens (including phenoxy) is 1. The van der Waals surface area contributed by atoms with Crippen LogP contribution in [0.2, 0.25) is 0 Å². The molecule has 0 spiro atoms. The molecule has 0 bridgehead atoms. The van der Waals surface area contributed by atoms with Crippen molar-refractivity contribution >= 4 is 18.3 Å². The molecule has 0 radical (unpaired) electrons. The van der Waals surface area contributed by atoms with Crippen LogP contribution in [0.4, 0.5) is 0 Å². The maximum atomic E-state index is 11.8. The Balaban J connectivity index is 0.00000162. The summed E-state index contributed by atoms with van der Waals surface area (Å²) >= 11 is 0. The first-order chi connectivity index (χ1) is 8.31. The van der Waals surface area contributed by atoms with E-state index in [1.54, 1.807) is 7.11 Å². The van der Waals surface area contributed by atoms with Crippen molar-refractivity contribution in [2.75, 3.05) is 20.2 Å². The highest BCUT2D eigenvalue weighted by atomic mass is 35.5. The lowest BCUT2D eigenvalue weighted by atomic mass is 10.1. The smallest absolute Gasteiger partial charge is 0.224 e. The number of halogens is 1. The fraction of sp³-hybridized carbons (Fsp3) is 0.462. The third-order valence-electron chi connectivity index (χ3n) is 3.08. The van der Waals surface area contributed by atoms with Crippen molar-refractivity contribution < 1.29 is 9.53 Å². The van der Waals surface area contributed by atoms with Gasteiger partial charge in [-0.1, -0.05) is 18.2 Å². The quantitative estimate of drug-likeness (QED) is 0.868. The molecule has 1 amide bonds. The molecule has 1 aliphatic rings. The van der Waals surface area contributed by atoms with Gasteiger partial charge in [0, 0.05) is 18.7 Å². The number of hydrogen-bond donors (Lipinski definition) is 2. The second-order valence-corrected chi connectivity index (χ2v) is 4.22. The van der Waals surface area contributed by atoms with E-state index in [0.717, 1.165) is 30.8 Å². The number of carbonyl (C=O) groups excluding carboxylic acids is 1. The third kappa shape index (κ3) is 3.62. The molecule has 0 aliphatic carbocycles. The van der Waals surface area contributed by atoms with Crippen LogP contribution in [-0.2, 0) is 11.3 Å². The van der Waals surface area contributed by atoms with Crippen LogP contribution in [0, 0.1) is 5.92 Å². The largest absolute Gasteiger partial charge is 0.496 e. The molecule has 1 saturated heterocycles. The first kappa shape index (κ1) is 14.8. The maximum absolute atomic E-state index is 11.8. The Morgan fingerprint density at radius 2 is 2.28 bits per heavy atom. The molecule has 100 valence electrons. The van der Waals surface area contributed by atoms with E-state index in [4.69, 9.17) is 4.74 Å². The summed E-state index contributed by atoms with van der Waals surface area (Å²) in [5.41, 5.74) is 1.01. The van der Waals surface area contributed by atoms with Crippen molar-refractivity contribution in [1.82, 2.24) is 10.6 Å². The van der Waals surface area contributed by atoms with Gasteiger partial charge in [-0.2, -0.15) is 0 Å². The van der Waals surface area contributed by atoms with E-state index in [9.17, 15) is 4.79 Å². The topological polar surface area (TPSA) is 50.4 Å². The Morgan fingerprint density at radius 3 is 2.94 bits per heavy atom. The molecular weight excluding hydrogens is 252 g/mol. The number of amides is 1. The molecule has 1 heterocycles. The monoisotopic (exact) mass is 270 g/mol. The summed E-state index contributed by atoms with van der Waals surface area (Å²) in [6.07, 6.45) is 0.928. The van der Waals surface area contributed by atoms with Gasteiger partial charge < -0.3 is 15.4 Å². The summed E-state index contributed by atoms with van der Waals surface area (Å²) in [6, 6.07) is 7.73. The number of benzene rings is 1. The maximum Gasteiger partial charge on any atom is 0.224 e. The molecule has 18 heavy (non-hydrogen) atoms. The van der Waals surface area contributed by atoms with E-state index >= 15 is 0 Å². The van der Waals surface area contributed by atoms with E-state index < -0.39 is 0 Å². The van der Waals surface area contributed by atoms with E-state index in [0.29, 0.717) is 6.54 Å². The molecule has 1 aromatic carbocycles. The molecule has 0 saturated carbocycles. The van der Waals surface area contributed by atoms with Crippen molar-refractivity contribution in [3.63, 3.8) is 0 Å². The predicted octanol–water partition coefficient (Wildman–Crippen LogP) is 1.34. The molecule has 2 N–H and O–H groups in total. The van der Waals surface area contributed by atoms with Gasteiger partial charge in [-0.15, -0.1) is 12.4 Å². The van der Waals surface area contributed by atoms with Gasteiger partial charge in [-0.05, 0) is 19.0 Å². The van der Waals surface area contributed by atoms with E-state index in [1.165, 1.54) is 0 Å². The fourth-order valence-corrected chi connectivity index (χ4v) is 2.05. The second kappa shape index (κ2) is 7.24. The summed E-state index contributed by atoms with van der Waals surface area (Å²) in [5, 5.41) is 6.15. The van der Waals surface area contributed by atoms with Crippen LogP contribution in [0.1, 0.15) is 12.0 Å². The van der Waals surface area contributed by atoms with Crippen LogP contribution in [0.15, 0.2) is 24.3 Å². The van der Waals surface area contributed by atoms with Crippen LogP contribution in [0.25, 0.3) is 0 Å². The number of hydrogen-bond acceptors (Lipinski definition) is 3. The molecular formula is C13H19ClN2O2. The highest BCUT2D eigenvalue weighted by Crippen LogP contribution is 2.17. The first-order valence-corrected chi connectivity index (χ1v) is 5.91. The zero-order valence-corrected chi connectivity index (χ0v) is 11.3. The molecule has 0 aromatic heterocycles. The van der Waals surface area contributed by atoms with Gasteiger partial charge in [0.05, 0.1) is 13.0 Å². The van der Waals surface area contributed by atoms with Crippen molar-refractivity contribution in [3.05, 3.63) is 29.8 Å². The Kier molecular flexibility index (Phi) is 5.95. The molecule has 1 aromatic rings. The van der Waals surface area contributed by atoms with Gasteiger partial charge in [-0.3, -0.25) is 4.79 Å². The fourth-order valence-electron chi connectivity index (χ4n) is 2.05. The van der Waals surface area contributed by atoms with Gasteiger partial charge in [0.2, 0.25) is 5.91 Å². The lowest BCUT2D eigenvalue weighted by molar-refractivity contribution is -0.124. The van der Waals surface area contributed by atoms with Gasteiger partial charge in [-0.25, -0.2) is 0 Å². The van der Waals surface area contributed by atoms with E-state index in [-0.39, 0.29) is 24.2 Å². The van der Waals surface area contributed by atoms with Crippen molar-refractivity contribution in [3.8, 4) is 5.75 Å². The minimum Gasteiger partial charge on any atom is -0.496 e. The summed E-state index contributed by atoms with van der Waals surface area (Å²) in [4.78, 5) is 11.8. The first-order valence-electron chi connectivity index (χ1n) is 5.91.